The lowest BCUT2D eigenvalue weighted by Gasteiger charge is -2.16. The number of ether oxygens (including phenoxy) is 3. The number of nitrogens with zero attached hydrogens (tertiary/aromatic N) is 4. The first-order chi connectivity index (χ1) is 12.6. The Morgan fingerprint density at radius 3 is 2.69 bits per heavy atom. The van der Waals surface area contributed by atoms with Crippen LogP contribution in [0.25, 0.3) is 0 Å². The number of carbonyl (C=O) groups is 2. The van der Waals surface area contributed by atoms with Crippen molar-refractivity contribution in [2.24, 2.45) is 0 Å². The molecule has 1 amide bonds. The van der Waals surface area contributed by atoms with Crippen LogP contribution in [0.4, 0.5) is 4.79 Å². The summed E-state index contributed by atoms with van der Waals surface area (Å²) in [4.78, 5) is 23.9. The largest absolute Gasteiger partial charge is 0.467 e. The maximum absolute atomic E-state index is 12.0. The molecule has 0 spiro atoms. The molecule has 1 aromatic heterocycles. The number of aromatic nitrogens is 4. The lowest BCUT2D eigenvalue weighted by molar-refractivity contribution is -0.143. The fourth-order valence-electron chi connectivity index (χ4n) is 2.20. The van der Waals surface area contributed by atoms with Gasteiger partial charge in [0.1, 0.15) is 19.4 Å². The first kappa shape index (κ1) is 19.3. The van der Waals surface area contributed by atoms with Gasteiger partial charge in [0.15, 0.2) is 5.82 Å². The lowest BCUT2D eigenvalue weighted by Crippen LogP contribution is -2.42. The van der Waals surface area contributed by atoms with E-state index in [9.17, 15) is 9.59 Å². The number of hydrogen-bond acceptors (Lipinski definition) is 8. The van der Waals surface area contributed by atoms with Crippen LogP contribution >= 0.6 is 0 Å². The Balaban J connectivity index is 1.89. The monoisotopic (exact) mass is 363 g/mol. The van der Waals surface area contributed by atoms with Gasteiger partial charge in [0.05, 0.1) is 7.11 Å². The first-order valence-corrected chi connectivity index (χ1v) is 7.93. The predicted octanol–water partition coefficient (Wildman–Crippen LogP) is 0.678. The summed E-state index contributed by atoms with van der Waals surface area (Å²) in [5, 5.41) is 13.7. The van der Waals surface area contributed by atoms with Crippen molar-refractivity contribution in [3.05, 3.63) is 41.7 Å². The van der Waals surface area contributed by atoms with Crippen LogP contribution < -0.4 is 5.32 Å². The standard InChI is InChI=1S/C16H21N5O5/c1-24-11-21-14(18-19-20-21)9-8-13(15(22)25-2)17-16(23)26-10-12-6-4-3-5-7-12/h3-7,13H,8-11H2,1-2H3,(H,17,23)/t13-/m0/s1. The highest BCUT2D eigenvalue weighted by molar-refractivity contribution is 5.81. The van der Waals surface area contributed by atoms with Crippen molar-refractivity contribution in [3.8, 4) is 0 Å². The van der Waals surface area contributed by atoms with Crippen molar-refractivity contribution < 1.29 is 23.8 Å². The zero-order valence-corrected chi connectivity index (χ0v) is 14.6. The highest BCUT2D eigenvalue weighted by atomic mass is 16.6. The summed E-state index contributed by atoms with van der Waals surface area (Å²) in [5.74, 6) is -0.0485. The number of alkyl carbamates (subject to hydrolysis) is 1. The SMILES string of the molecule is COCn1nnnc1CC[C@H](NC(=O)OCc1ccccc1)C(=O)OC. The van der Waals surface area contributed by atoms with Gasteiger partial charge in [-0.1, -0.05) is 30.3 Å². The molecule has 1 heterocycles. The Hall–Kier alpha value is -3.01. The highest BCUT2D eigenvalue weighted by Crippen LogP contribution is 2.05. The molecule has 1 N–H and O–H groups in total. The minimum absolute atomic E-state index is 0.104. The van der Waals surface area contributed by atoms with Crippen LogP contribution in [0, 0.1) is 0 Å². The summed E-state index contributed by atoms with van der Waals surface area (Å²) in [6, 6.07) is 8.35. The molecule has 0 radical (unpaired) electrons. The zero-order valence-electron chi connectivity index (χ0n) is 14.6. The number of hydrogen-bond donors (Lipinski definition) is 1. The van der Waals surface area contributed by atoms with E-state index in [-0.39, 0.29) is 19.8 Å². The molecule has 0 aliphatic carbocycles. The summed E-state index contributed by atoms with van der Waals surface area (Å²) in [6.45, 7) is 0.296. The van der Waals surface area contributed by atoms with Gasteiger partial charge < -0.3 is 19.5 Å². The molecule has 140 valence electrons. The molecule has 2 aromatic rings. The molecule has 0 aliphatic rings. The summed E-state index contributed by atoms with van der Waals surface area (Å²) < 4.78 is 16.3. The average Bonchev–Trinajstić information content (AvgIpc) is 3.11. The van der Waals surface area contributed by atoms with Crippen molar-refractivity contribution in [3.63, 3.8) is 0 Å². The quantitative estimate of drug-likeness (QED) is 0.646. The van der Waals surface area contributed by atoms with E-state index in [4.69, 9.17) is 14.2 Å². The third-order valence-corrected chi connectivity index (χ3v) is 3.50. The van der Waals surface area contributed by atoms with E-state index >= 15 is 0 Å². The maximum atomic E-state index is 12.0. The van der Waals surface area contributed by atoms with Gasteiger partial charge in [-0.15, -0.1) is 5.10 Å². The van der Waals surface area contributed by atoms with E-state index < -0.39 is 18.1 Å². The normalized spacial score (nSPS) is 11.6. The molecule has 26 heavy (non-hydrogen) atoms. The van der Waals surface area contributed by atoms with Gasteiger partial charge in [0, 0.05) is 13.5 Å². The third kappa shape index (κ3) is 5.81. The number of nitrogens with one attached hydrogen (secondary N) is 1. The molecule has 0 saturated carbocycles. The number of esters is 1. The van der Waals surface area contributed by atoms with Crippen LogP contribution in [0.3, 0.4) is 0 Å². The Bertz CT molecular complexity index is 706. The Labute approximate surface area is 150 Å². The number of aryl methyl sites for hydroxylation is 1. The van der Waals surface area contributed by atoms with Gasteiger partial charge in [-0.2, -0.15) is 0 Å². The highest BCUT2D eigenvalue weighted by Gasteiger charge is 2.23. The van der Waals surface area contributed by atoms with Crippen molar-refractivity contribution in [2.45, 2.75) is 32.2 Å². The van der Waals surface area contributed by atoms with Crippen LogP contribution in [0.2, 0.25) is 0 Å². The molecular formula is C16H21N5O5. The van der Waals surface area contributed by atoms with Gasteiger partial charge >= 0.3 is 12.1 Å². The molecule has 0 aliphatic heterocycles. The van der Waals surface area contributed by atoms with Crippen LogP contribution in [0.5, 0.6) is 0 Å². The summed E-state index contributed by atoms with van der Waals surface area (Å²) >= 11 is 0. The van der Waals surface area contributed by atoms with Gasteiger partial charge in [0.25, 0.3) is 0 Å². The van der Waals surface area contributed by atoms with Crippen LogP contribution in [-0.4, -0.2) is 52.5 Å². The second-order valence-corrected chi connectivity index (χ2v) is 5.33. The molecule has 0 saturated heterocycles. The number of carbonyl (C=O) groups excluding carboxylic acids is 2. The molecule has 1 atom stereocenters. The van der Waals surface area contributed by atoms with Crippen molar-refractivity contribution >= 4 is 12.1 Å². The number of methoxy groups -OCH3 is 2. The number of amides is 1. The van der Waals surface area contributed by atoms with E-state index in [2.05, 4.69) is 20.8 Å². The second kappa shape index (κ2) is 10.1. The van der Waals surface area contributed by atoms with E-state index in [1.807, 2.05) is 30.3 Å². The minimum atomic E-state index is -0.879. The number of benzene rings is 1. The lowest BCUT2D eigenvalue weighted by atomic mass is 10.1. The summed E-state index contributed by atoms with van der Waals surface area (Å²) in [5.41, 5.74) is 0.844. The minimum Gasteiger partial charge on any atom is -0.467 e. The fourth-order valence-corrected chi connectivity index (χ4v) is 2.20. The van der Waals surface area contributed by atoms with Gasteiger partial charge in [-0.3, -0.25) is 0 Å². The van der Waals surface area contributed by atoms with Crippen molar-refractivity contribution in [2.75, 3.05) is 14.2 Å². The summed E-state index contributed by atoms with van der Waals surface area (Å²) in [7, 11) is 2.77. The van der Waals surface area contributed by atoms with E-state index in [1.54, 1.807) is 0 Å². The topological polar surface area (TPSA) is 117 Å². The van der Waals surface area contributed by atoms with Crippen LogP contribution in [0.1, 0.15) is 17.8 Å². The van der Waals surface area contributed by atoms with E-state index in [0.29, 0.717) is 12.2 Å². The zero-order chi connectivity index (χ0) is 18.8. The smallest absolute Gasteiger partial charge is 0.408 e. The fraction of sp³-hybridized carbons (Fsp3) is 0.438. The first-order valence-electron chi connectivity index (χ1n) is 7.93. The number of rotatable bonds is 9. The molecule has 2 rings (SSSR count). The molecule has 0 fully saturated rings. The van der Waals surface area contributed by atoms with E-state index in [0.717, 1.165) is 5.56 Å². The van der Waals surface area contributed by atoms with Gasteiger partial charge in [-0.05, 0) is 22.4 Å². The molecule has 0 bridgehead atoms. The predicted molar refractivity (Wildman–Crippen MR) is 88.7 cm³/mol. The van der Waals surface area contributed by atoms with Crippen molar-refractivity contribution in [1.29, 1.82) is 0 Å². The van der Waals surface area contributed by atoms with Gasteiger partial charge in [-0.25, -0.2) is 14.3 Å². The maximum Gasteiger partial charge on any atom is 0.408 e. The number of tetrazole rings is 1. The molecule has 0 unspecified atom stereocenters. The second-order valence-electron chi connectivity index (χ2n) is 5.33. The molecule has 10 heteroatoms. The van der Waals surface area contributed by atoms with E-state index in [1.165, 1.54) is 18.9 Å². The molecular weight excluding hydrogens is 342 g/mol. The molecule has 10 nitrogen and oxygen atoms in total. The Morgan fingerprint density at radius 2 is 2.00 bits per heavy atom. The molecule has 1 aromatic carbocycles. The van der Waals surface area contributed by atoms with Crippen LogP contribution in [0.15, 0.2) is 30.3 Å². The third-order valence-electron chi connectivity index (χ3n) is 3.50. The van der Waals surface area contributed by atoms with Crippen molar-refractivity contribution in [1.82, 2.24) is 25.5 Å². The average molecular weight is 363 g/mol. The van der Waals surface area contributed by atoms with Crippen LogP contribution in [-0.2, 0) is 38.8 Å². The summed E-state index contributed by atoms with van der Waals surface area (Å²) in [6.07, 6.45) is -0.118. The Morgan fingerprint density at radius 1 is 1.23 bits per heavy atom. The Kier molecular flexibility index (Phi) is 7.49. The van der Waals surface area contributed by atoms with Gasteiger partial charge in [0.2, 0.25) is 0 Å².